The van der Waals surface area contributed by atoms with Crippen LogP contribution in [-0.4, -0.2) is 9.78 Å². The van der Waals surface area contributed by atoms with Gasteiger partial charge < -0.3 is 0 Å². The first-order valence-corrected chi connectivity index (χ1v) is 4.29. The van der Waals surface area contributed by atoms with E-state index in [1.807, 2.05) is 6.92 Å². The van der Waals surface area contributed by atoms with Gasteiger partial charge in [0.1, 0.15) is 0 Å². The molecule has 0 saturated carbocycles. The molecule has 0 atom stereocenters. The van der Waals surface area contributed by atoms with Gasteiger partial charge in [0.05, 0.1) is 11.7 Å². The van der Waals surface area contributed by atoms with Gasteiger partial charge in [0, 0.05) is 6.20 Å². The summed E-state index contributed by atoms with van der Waals surface area (Å²) in [5.41, 5.74) is 1.11. The molecule has 11 heavy (non-hydrogen) atoms. The predicted molar refractivity (Wildman–Crippen MR) is 46.6 cm³/mol. The number of hydrogen-bond donors (Lipinski definition) is 0. The molecule has 1 rings (SSSR count). The van der Waals surface area contributed by atoms with E-state index in [0.29, 0.717) is 6.04 Å². The molecule has 1 aromatic heterocycles. The summed E-state index contributed by atoms with van der Waals surface area (Å²) in [6.45, 7) is 6.43. The average molecular weight is 152 g/mol. The molecule has 0 amide bonds. The molecular weight excluding hydrogens is 136 g/mol. The number of hydrogen-bond acceptors (Lipinski definition) is 1. The van der Waals surface area contributed by atoms with E-state index in [1.165, 1.54) is 0 Å². The summed E-state index contributed by atoms with van der Waals surface area (Å²) < 4.78 is 2.06. The van der Waals surface area contributed by atoms with Crippen molar-refractivity contribution in [2.45, 2.75) is 39.7 Å². The molecule has 0 spiro atoms. The minimum atomic E-state index is 0.587. The lowest BCUT2D eigenvalue weighted by Gasteiger charge is -2.11. The molecule has 0 unspecified atom stereocenters. The van der Waals surface area contributed by atoms with Gasteiger partial charge in [-0.1, -0.05) is 13.8 Å². The Balaban J connectivity index is 2.73. The van der Waals surface area contributed by atoms with Crippen LogP contribution in [0, 0.1) is 6.92 Å². The summed E-state index contributed by atoms with van der Waals surface area (Å²) in [6.07, 6.45) is 4.39. The van der Waals surface area contributed by atoms with Crippen LogP contribution in [-0.2, 0) is 0 Å². The first kappa shape index (κ1) is 8.31. The van der Waals surface area contributed by atoms with E-state index in [-0.39, 0.29) is 0 Å². The molecule has 0 aliphatic carbocycles. The highest BCUT2D eigenvalue weighted by Gasteiger charge is 2.05. The zero-order valence-corrected chi connectivity index (χ0v) is 7.54. The summed E-state index contributed by atoms with van der Waals surface area (Å²) in [4.78, 5) is 0. The quantitative estimate of drug-likeness (QED) is 0.650. The van der Waals surface area contributed by atoms with Crippen LogP contribution in [0.3, 0.4) is 0 Å². The van der Waals surface area contributed by atoms with Crippen LogP contribution >= 0.6 is 0 Å². The Morgan fingerprint density at radius 2 is 2.09 bits per heavy atom. The zero-order valence-electron chi connectivity index (χ0n) is 7.54. The first-order chi connectivity index (χ1) is 5.27. The van der Waals surface area contributed by atoms with Crippen LogP contribution < -0.4 is 0 Å². The lowest BCUT2D eigenvalue weighted by atomic mass is 10.2. The van der Waals surface area contributed by atoms with Crippen molar-refractivity contribution in [1.29, 1.82) is 0 Å². The molecule has 0 aromatic carbocycles. The fourth-order valence-corrected chi connectivity index (χ4v) is 1.30. The molecular formula is C9H16N2. The van der Waals surface area contributed by atoms with Crippen molar-refractivity contribution in [2.24, 2.45) is 0 Å². The van der Waals surface area contributed by atoms with Crippen molar-refractivity contribution >= 4 is 0 Å². The Kier molecular flexibility index (Phi) is 2.69. The molecule has 1 aromatic rings. The second-order valence-electron chi connectivity index (χ2n) is 2.91. The molecule has 2 heteroatoms. The number of nitrogens with zero attached hydrogens (tertiary/aromatic N) is 2. The molecule has 0 aliphatic heterocycles. The first-order valence-electron chi connectivity index (χ1n) is 4.29. The van der Waals surface area contributed by atoms with Gasteiger partial charge in [-0.05, 0) is 25.8 Å². The van der Waals surface area contributed by atoms with Gasteiger partial charge in [-0.15, -0.1) is 0 Å². The van der Waals surface area contributed by atoms with Crippen molar-refractivity contribution in [3.8, 4) is 0 Å². The summed E-state index contributed by atoms with van der Waals surface area (Å²) >= 11 is 0. The largest absolute Gasteiger partial charge is 0.269 e. The summed E-state index contributed by atoms with van der Waals surface area (Å²) in [5.74, 6) is 0. The molecule has 0 radical (unpaired) electrons. The summed E-state index contributed by atoms with van der Waals surface area (Å²) in [5, 5.41) is 4.37. The van der Waals surface area contributed by atoms with Gasteiger partial charge in [0.25, 0.3) is 0 Å². The third-order valence-electron chi connectivity index (χ3n) is 2.06. The van der Waals surface area contributed by atoms with E-state index in [1.54, 1.807) is 0 Å². The third-order valence-corrected chi connectivity index (χ3v) is 2.06. The number of aryl methyl sites for hydroxylation is 1. The highest BCUT2D eigenvalue weighted by Crippen LogP contribution is 2.13. The van der Waals surface area contributed by atoms with Crippen LogP contribution in [0.25, 0.3) is 0 Å². The van der Waals surface area contributed by atoms with Gasteiger partial charge in [0.2, 0.25) is 0 Å². The highest BCUT2D eigenvalue weighted by molar-refractivity contribution is 4.95. The standard InChI is InChI=1S/C9H16N2/c1-4-9(5-2)11-7-6-8(3)10-11/h6-7,9H,4-5H2,1-3H3. The maximum absolute atomic E-state index is 4.37. The van der Waals surface area contributed by atoms with Crippen molar-refractivity contribution in [2.75, 3.05) is 0 Å². The molecule has 62 valence electrons. The lowest BCUT2D eigenvalue weighted by Crippen LogP contribution is -2.07. The Hall–Kier alpha value is -0.790. The van der Waals surface area contributed by atoms with Gasteiger partial charge >= 0.3 is 0 Å². The highest BCUT2D eigenvalue weighted by atomic mass is 15.3. The smallest absolute Gasteiger partial charge is 0.0593 e. The second-order valence-corrected chi connectivity index (χ2v) is 2.91. The molecule has 1 heterocycles. The van der Waals surface area contributed by atoms with E-state index in [2.05, 4.69) is 35.9 Å². The molecule has 0 fully saturated rings. The van der Waals surface area contributed by atoms with Crippen LogP contribution in [0.15, 0.2) is 12.3 Å². The molecule has 0 aliphatic rings. The number of aromatic nitrogens is 2. The van der Waals surface area contributed by atoms with Gasteiger partial charge in [0.15, 0.2) is 0 Å². The minimum absolute atomic E-state index is 0.587. The number of rotatable bonds is 3. The molecule has 0 bridgehead atoms. The van der Waals surface area contributed by atoms with E-state index < -0.39 is 0 Å². The Bertz CT molecular complexity index is 211. The van der Waals surface area contributed by atoms with Gasteiger partial charge in [-0.3, -0.25) is 4.68 Å². The van der Waals surface area contributed by atoms with Crippen molar-refractivity contribution in [1.82, 2.24) is 9.78 Å². The van der Waals surface area contributed by atoms with E-state index in [9.17, 15) is 0 Å². The topological polar surface area (TPSA) is 17.8 Å². The van der Waals surface area contributed by atoms with Gasteiger partial charge in [-0.25, -0.2) is 0 Å². The summed E-state index contributed by atoms with van der Waals surface area (Å²) in [6, 6.07) is 2.64. The lowest BCUT2D eigenvalue weighted by molar-refractivity contribution is 0.427. The minimum Gasteiger partial charge on any atom is -0.269 e. The fourth-order valence-electron chi connectivity index (χ4n) is 1.30. The molecule has 0 saturated heterocycles. The maximum atomic E-state index is 4.37. The van der Waals surface area contributed by atoms with Gasteiger partial charge in [-0.2, -0.15) is 5.10 Å². The van der Waals surface area contributed by atoms with Crippen LogP contribution in [0.1, 0.15) is 38.4 Å². The van der Waals surface area contributed by atoms with Crippen LogP contribution in [0.4, 0.5) is 0 Å². The van der Waals surface area contributed by atoms with Crippen molar-refractivity contribution in [3.05, 3.63) is 18.0 Å². The SMILES string of the molecule is CCC(CC)n1ccc(C)n1. The van der Waals surface area contributed by atoms with Crippen LogP contribution in [0.5, 0.6) is 0 Å². The maximum Gasteiger partial charge on any atom is 0.0593 e. The van der Waals surface area contributed by atoms with Crippen molar-refractivity contribution in [3.63, 3.8) is 0 Å². The third kappa shape index (κ3) is 1.82. The predicted octanol–water partition coefficient (Wildman–Crippen LogP) is 2.55. The second kappa shape index (κ2) is 3.56. The Morgan fingerprint density at radius 3 is 2.45 bits per heavy atom. The normalized spacial score (nSPS) is 10.9. The summed E-state index contributed by atoms with van der Waals surface area (Å²) in [7, 11) is 0. The average Bonchev–Trinajstić information content (AvgIpc) is 2.39. The van der Waals surface area contributed by atoms with E-state index in [0.717, 1.165) is 18.5 Å². The fraction of sp³-hybridized carbons (Fsp3) is 0.667. The monoisotopic (exact) mass is 152 g/mol. The van der Waals surface area contributed by atoms with E-state index in [4.69, 9.17) is 0 Å². The molecule has 0 N–H and O–H groups in total. The van der Waals surface area contributed by atoms with Crippen molar-refractivity contribution < 1.29 is 0 Å². The van der Waals surface area contributed by atoms with E-state index >= 15 is 0 Å². The van der Waals surface area contributed by atoms with Crippen LogP contribution in [0.2, 0.25) is 0 Å². The Labute approximate surface area is 68.2 Å². The molecule has 2 nitrogen and oxygen atoms in total. The Morgan fingerprint density at radius 1 is 1.45 bits per heavy atom. The zero-order chi connectivity index (χ0) is 8.27.